The molecule has 2 heterocycles. The number of carbonyl (C=O) groups excluding carboxylic acids is 1. The number of aromatic nitrogens is 1. The van der Waals surface area contributed by atoms with Crippen molar-refractivity contribution in [2.75, 3.05) is 13.1 Å². The van der Waals surface area contributed by atoms with Crippen molar-refractivity contribution in [2.45, 2.75) is 37.3 Å². The monoisotopic (exact) mass is 389 g/mol. The highest BCUT2D eigenvalue weighted by atomic mass is 32.2. The fraction of sp³-hybridized carbons (Fsp3) is 0.368. The normalized spacial score (nSPS) is 15.3. The molecule has 2 aromatic rings. The van der Waals surface area contributed by atoms with E-state index in [0.717, 1.165) is 16.8 Å². The molecule has 7 nitrogen and oxygen atoms in total. The number of fused-ring (bicyclic) bond motifs is 1. The van der Waals surface area contributed by atoms with Crippen LogP contribution in [0.15, 0.2) is 47.5 Å². The molecule has 1 aliphatic heterocycles. The van der Waals surface area contributed by atoms with Crippen LogP contribution in [0.25, 0.3) is 0 Å². The van der Waals surface area contributed by atoms with Gasteiger partial charge in [0.1, 0.15) is 6.10 Å². The summed E-state index contributed by atoms with van der Waals surface area (Å²) < 4.78 is 27.8. The number of aliphatic hydroxyl groups excluding tert-OH is 1. The van der Waals surface area contributed by atoms with Crippen LogP contribution in [0.4, 0.5) is 0 Å². The van der Waals surface area contributed by atoms with Crippen LogP contribution in [0.1, 0.15) is 23.7 Å². The maximum Gasteiger partial charge on any atom is 0.251 e. The van der Waals surface area contributed by atoms with Gasteiger partial charge < -0.3 is 10.0 Å². The molecular weight excluding hydrogens is 366 g/mol. The third kappa shape index (κ3) is 4.71. The summed E-state index contributed by atoms with van der Waals surface area (Å²) in [5.41, 5.74) is 2.64. The van der Waals surface area contributed by atoms with Crippen molar-refractivity contribution in [1.29, 1.82) is 0 Å². The van der Waals surface area contributed by atoms with E-state index in [1.54, 1.807) is 29.3 Å². The number of rotatable bonds is 6. The Kier molecular flexibility index (Phi) is 5.88. The van der Waals surface area contributed by atoms with E-state index in [1.165, 1.54) is 6.92 Å². The summed E-state index contributed by atoms with van der Waals surface area (Å²) in [6, 6.07) is 10.5. The summed E-state index contributed by atoms with van der Waals surface area (Å²) in [5.74, 6) is -0.345. The highest BCUT2D eigenvalue weighted by Gasteiger charge is 2.25. The Labute approximate surface area is 159 Å². The first-order chi connectivity index (χ1) is 12.9. The summed E-state index contributed by atoms with van der Waals surface area (Å²) in [5, 5.41) is 9.49. The van der Waals surface area contributed by atoms with Gasteiger partial charge in [-0.2, -0.15) is 0 Å². The van der Waals surface area contributed by atoms with Gasteiger partial charge in [-0.1, -0.05) is 12.1 Å². The third-order valence-electron chi connectivity index (χ3n) is 4.57. The fourth-order valence-electron chi connectivity index (χ4n) is 3.10. The Morgan fingerprint density at radius 2 is 2.11 bits per heavy atom. The Bertz CT molecular complexity index is 914. The maximum atomic E-state index is 12.6. The van der Waals surface area contributed by atoms with Gasteiger partial charge in [0.15, 0.2) is 0 Å². The quantitative estimate of drug-likeness (QED) is 0.764. The number of pyridine rings is 1. The zero-order chi connectivity index (χ0) is 19.4. The molecule has 8 heteroatoms. The summed E-state index contributed by atoms with van der Waals surface area (Å²) >= 11 is 0. The molecule has 27 heavy (non-hydrogen) atoms. The molecule has 1 aromatic heterocycles. The lowest BCUT2D eigenvalue weighted by atomic mass is 9.99. The second-order valence-corrected chi connectivity index (χ2v) is 8.35. The number of aliphatic hydroxyl groups is 1. The van der Waals surface area contributed by atoms with Crippen molar-refractivity contribution >= 4 is 15.9 Å². The SMILES string of the molecule is C[C@@H](O)C(=O)N1CCc2ccc(S(=O)(=O)NCCc3ccccn3)cc2C1. The first kappa shape index (κ1) is 19.5. The lowest BCUT2D eigenvalue weighted by Gasteiger charge is -2.30. The largest absolute Gasteiger partial charge is 0.384 e. The lowest BCUT2D eigenvalue weighted by molar-refractivity contribution is -0.140. The standard InChI is InChI=1S/C19H23N3O4S/c1-14(23)19(24)22-11-8-15-5-6-18(12-16(15)13-22)27(25,26)21-10-7-17-4-2-3-9-20-17/h2-6,9,12,14,21,23H,7-8,10-11,13H2,1H3/t14-/m1/s1. The minimum Gasteiger partial charge on any atom is -0.384 e. The van der Waals surface area contributed by atoms with Crippen molar-refractivity contribution in [3.8, 4) is 0 Å². The number of carbonyl (C=O) groups is 1. The second-order valence-electron chi connectivity index (χ2n) is 6.59. The van der Waals surface area contributed by atoms with Crippen LogP contribution in [0, 0.1) is 0 Å². The van der Waals surface area contributed by atoms with E-state index in [-0.39, 0.29) is 17.3 Å². The molecular formula is C19H23N3O4S. The molecule has 1 aliphatic rings. The molecule has 0 unspecified atom stereocenters. The predicted molar refractivity (Wildman–Crippen MR) is 100 cm³/mol. The van der Waals surface area contributed by atoms with Crippen LogP contribution in [-0.2, 0) is 34.2 Å². The minimum absolute atomic E-state index is 0.175. The number of hydrogen-bond donors (Lipinski definition) is 2. The molecule has 0 saturated heterocycles. The van der Waals surface area contributed by atoms with Crippen LogP contribution in [-0.4, -0.2) is 48.5 Å². The van der Waals surface area contributed by atoms with Crippen LogP contribution >= 0.6 is 0 Å². The Morgan fingerprint density at radius 1 is 1.30 bits per heavy atom. The number of benzene rings is 1. The number of hydrogen-bond acceptors (Lipinski definition) is 5. The topological polar surface area (TPSA) is 99.6 Å². The molecule has 3 rings (SSSR count). The van der Waals surface area contributed by atoms with Gasteiger partial charge in [0.05, 0.1) is 4.90 Å². The van der Waals surface area contributed by atoms with Crippen molar-refractivity contribution in [3.05, 3.63) is 59.4 Å². The van der Waals surface area contributed by atoms with E-state index >= 15 is 0 Å². The van der Waals surface area contributed by atoms with Gasteiger partial charge in [-0.3, -0.25) is 9.78 Å². The molecule has 1 amide bonds. The fourth-order valence-corrected chi connectivity index (χ4v) is 4.18. The van der Waals surface area contributed by atoms with Crippen LogP contribution in [0.5, 0.6) is 0 Å². The molecule has 0 aliphatic carbocycles. The van der Waals surface area contributed by atoms with Gasteiger partial charge in [-0.15, -0.1) is 0 Å². The van der Waals surface area contributed by atoms with Gasteiger partial charge in [-0.25, -0.2) is 13.1 Å². The lowest BCUT2D eigenvalue weighted by Crippen LogP contribution is -2.41. The van der Waals surface area contributed by atoms with E-state index in [9.17, 15) is 18.3 Å². The summed E-state index contributed by atoms with van der Waals surface area (Å²) in [6.45, 7) is 2.51. The van der Waals surface area contributed by atoms with E-state index in [2.05, 4.69) is 9.71 Å². The Hall–Kier alpha value is -2.29. The van der Waals surface area contributed by atoms with Gasteiger partial charge >= 0.3 is 0 Å². The highest BCUT2D eigenvalue weighted by molar-refractivity contribution is 7.89. The van der Waals surface area contributed by atoms with Gasteiger partial charge in [0, 0.05) is 37.9 Å². The molecule has 0 saturated carbocycles. The molecule has 0 fully saturated rings. The predicted octanol–water partition coefficient (Wildman–Crippen LogP) is 0.868. The smallest absolute Gasteiger partial charge is 0.251 e. The molecule has 0 spiro atoms. The summed E-state index contributed by atoms with van der Waals surface area (Å²) in [6.07, 6.45) is 1.75. The molecule has 0 radical (unpaired) electrons. The number of nitrogens with one attached hydrogen (secondary N) is 1. The highest BCUT2D eigenvalue weighted by Crippen LogP contribution is 2.23. The van der Waals surface area contributed by atoms with Crippen molar-refractivity contribution < 1.29 is 18.3 Å². The van der Waals surface area contributed by atoms with E-state index < -0.39 is 16.1 Å². The first-order valence-corrected chi connectivity index (χ1v) is 10.3. The summed E-state index contributed by atoms with van der Waals surface area (Å²) in [7, 11) is -3.65. The molecule has 2 N–H and O–H groups in total. The van der Waals surface area contributed by atoms with Crippen LogP contribution in [0.3, 0.4) is 0 Å². The molecule has 1 atom stereocenters. The maximum absolute atomic E-state index is 12.6. The Morgan fingerprint density at radius 3 is 2.81 bits per heavy atom. The van der Waals surface area contributed by atoms with Gasteiger partial charge in [0.2, 0.25) is 10.0 Å². The van der Waals surface area contributed by atoms with E-state index in [0.29, 0.717) is 25.9 Å². The van der Waals surface area contributed by atoms with Crippen molar-refractivity contribution in [1.82, 2.24) is 14.6 Å². The molecule has 0 bridgehead atoms. The minimum atomic E-state index is -3.65. The van der Waals surface area contributed by atoms with E-state index in [1.807, 2.05) is 18.2 Å². The van der Waals surface area contributed by atoms with E-state index in [4.69, 9.17) is 0 Å². The Balaban J connectivity index is 1.70. The second kappa shape index (κ2) is 8.16. The van der Waals surface area contributed by atoms with Crippen molar-refractivity contribution in [2.24, 2.45) is 0 Å². The average Bonchev–Trinajstić information content (AvgIpc) is 2.67. The molecule has 144 valence electrons. The molecule has 1 aromatic carbocycles. The zero-order valence-corrected chi connectivity index (χ0v) is 15.9. The van der Waals surface area contributed by atoms with Crippen LogP contribution < -0.4 is 4.72 Å². The van der Waals surface area contributed by atoms with Gasteiger partial charge in [0.25, 0.3) is 5.91 Å². The summed E-state index contributed by atoms with van der Waals surface area (Å²) in [4.78, 5) is 17.9. The first-order valence-electron chi connectivity index (χ1n) is 8.85. The number of nitrogens with zero attached hydrogens (tertiary/aromatic N) is 2. The number of amides is 1. The zero-order valence-electron chi connectivity index (χ0n) is 15.1. The van der Waals surface area contributed by atoms with Crippen molar-refractivity contribution in [3.63, 3.8) is 0 Å². The van der Waals surface area contributed by atoms with Crippen LogP contribution in [0.2, 0.25) is 0 Å². The van der Waals surface area contributed by atoms with Gasteiger partial charge in [-0.05, 0) is 48.7 Å². The third-order valence-corrected chi connectivity index (χ3v) is 6.03. The number of sulfonamides is 1. The average molecular weight is 389 g/mol.